The average Bonchev–Trinajstić information content (AvgIpc) is 2.80. The molecule has 5 heteroatoms. The molecule has 0 spiro atoms. The van der Waals surface area contributed by atoms with Gasteiger partial charge in [-0.25, -0.2) is 0 Å². The van der Waals surface area contributed by atoms with Crippen molar-refractivity contribution in [3.8, 4) is 5.75 Å². The summed E-state index contributed by atoms with van der Waals surface area (Å²) in [4.78, 5) is 16.5. The van der Waals surface area contributed by atoms with Gasteiger partial charge in [0.15, 0.2) is 0 Å². The van der Waals surface area contributed by atoms with Gasteiger partial charge in [-0.1, -0.05) is 19.1 Å². The van der Waals surface area contributed by atoms with Crippen molar-refractivity contribution in [2.75, 3.05) is 33.8 Å². The van der Waals surface area contributed by atoms with Gasteiger partial charge in [0.25, 0.3) is 0 Å². The van der Waals surface area contributed by atoms with E-state index in [9.17, 15) is 4.79 Å². The third kappa shape index (κ3) is 3.54. The zero-order valence-electron chi connectivity index (χ0n) is 13.3. The highest BCUT2D eigenvalue weighted by Gasteiger charge is 2.36. The number of hydrogen-bond acceptors (Lipinski definition) is 4. The Kier molecular flexibility index (Phi) is 5.20. The number of nitrogens with one attached hydrogen (secondary N) is 1. The van der Waals surface area contributed by atoms with Crippen LogP contribution >= 0.6 is 0 Å². The molecule has 1 N–H and O–H groups in total. The van der Waals surface area contributed by atoms with Gasteiger partial charge < -0.3 is 14.5 Å². The first kappa shape index (κ1) is 15.8. The molecule has 0 radical (unpaired) electrons. The van der Waals surface area contributed by atoms with Gasteiger partial charge in [0.1, 0.15) is 11.9 Å². The third-order valence-corrected chi connectivity index (χ3v) is 4.05. The Balaban J connectivity index is 2.16. The quantitative estimate of drug-likeness (QED) is 0.862. The molecule has 1 aromatic carbocycles. The fraction of sp³-hybridized carbons (Fsp3) is 0.562. The van der Waals surface area contributed by atoms with Crippen molar-refractivity contribution in [1.82, 2.24) is 15.1 Å². The second-order valence-corrected chi connectivity index (χ2v) is 5.50. The van der Waals surface area contributed by atoms with Crippen molar-refractivity contribution < 1.29 is 9.53 Å². The second kappa shape index (κ2) is 6.91. The van der Waals surface area contributed by atoms with E-state index in [2.05, 4.69) is 24.2 Å². The SMILES string of the molecule is CCN(C)CCN1C(=O)C(C)NC1c1cccc(OC)c1. The third-order valence-electron chi connectivity index (χ3n) is 4.05. The second-order valence-electron chi connectivity index (χ2n) is 5.50. The molecule has 1 amide bonds. The number of nitrogens with zero attached hydrogens (tertiary/aromatic N) is 2. The van der Waals surface area contributed by atoms with E-state index in [0.29, 0.717) is 0 Å². The van der Waals surface area contributed by atoms with Crippen LogP contribution in [0.5, 0.6) is 5.75 Å². The summed E-state index contributed by atoms with van der Waals surface area (Å²) in [6.45, 7) is 6.61. The molecular formula is C16H25N3O2. The summed E-state index contributed by atoms with van der Waals surface area (Å²) in [5.41, 5.74) is 1.06. The van der Waals surface area contributed by atoms with Gasteiger partial charge in [0.05, 0.1) is 13.2 Å². The van der Waals surface area contributed by atoms with Crippen LogP contribution in [0.15, 0.2) is 24.3 Å². The molecule has 1 heterocycles. The molecule has 0 saturated carbocycles. The van der Waals surface area contributed by atoms with E-state index in [1.54, 1.807) is 7.11 Å². The van der Waals surface area contributed by atoms with Gasteiger partial charge in [-0.05, 0) is 38.2 Å². The molecule has 0 aliphatic carbocycles. The van der Waals surface area contributed by atoms with E-state index in [1.165, 1.54) is 0 Å². The van der Waals surface area contributed by atoms with Crippen LogP contribution in [-0.4, -0.2) is 55.5 Å². The van der Waals surface area contributed by atoms with Crippen LogP contribution in [0.4, 0.5) is 0 Å². The van der Waals surface area contributed by atoms with Crippen molar-refractivity contribution in [3.05, 3.63) is 29.8 Å². The Hall–Kier alpha value is -1.59. The predicted molar refractivity (Wildman–Crippen MR) is 83.2 cm³/mol. The average molecular weight is 291 g/mol. The summed E-state index contributed by atoms with van der Waals surface area (Å²) in [5, 5.41) is 3.37. The summed E-state index contributed by atoms with van der Waals surface area (Å²) in [5.74, 6) is 0.972. The predicted octanol–water partition coefficient (Wildman–Crippen LogP) is 1.47. The molecule has 1 fully saturated rings. The van der Waals surface area contributed by atoms with Crippen LogP contribution in [0.1, 0.15) is 25.6 Å². The molecule has 0 aromatic heterocycles. The standard InChI is InChI=1S/C16H25N3O2/c1-5-18(3)9-10-19-15(17-12(2)16(19)20)13-7-6-8-14(11-13)21-4/h6-8,11-12,15,17H,5,9-10H2,1-4H3. The zero-order valence-corrected chi connectivity index (χ0v) is 13.3. The molecule has 21 heavy (non-hydrogen) atoms. The van der Waals surface area contributed by atoms with Gasteiger partial charge in [-0.3, -0.25) is 10.1 Å². The Morgan fingerprint density at radius 1 is 1.43 bits per heavy atom. The van der Waals surface area contributed by atoms with Gasteiger partial charge in [0, 0.05) is 13.1 Å². The summed E-state index contributed by atoms with van der Waals surface area (Å²) in [7, 11) is 3.72. The van der Waals surface area contributed by atoms with Crippen LogP contribution in [-0.2, 0) is 4.79 Å². The van der Waals surface area contributed by atoms with E-state index in [0.717, 1.165) is 30.9 Å². The lowest BCUT2D eigenvalue weighted by molar-refractivity contribution is -0.130. The summed E-state index contributed by atoms with van der Waals surface area (Å²) in [6, 6.07) is 7.74. The maximum Gasteiger partial charge on any atom is 0.241 e. The van der Waals surface area contributed by atoms with Crippen molar-refractivity contribution >= 4 is 5.91 Å². The van der Waals surface area contributed by atoms with Gasteiger partial charge in [0.2, 0.25) is 5.91 Å². The minimum Gasteiger partial charge on any atom is -0.497 e. The van der Waals surface area contributed by atoms with E-state index in [1.807, 2.05) is 36.1 Å². The van der Waals surface area contributed by atoms with E-state index >= 15 is 0 Å². The van der Waals surface area contributed by atoms with E-state index < -0.39 is 0 Å². The van der Waals surface area contributed by atoms with E-state index in [4.69, 9.17) is 4.74 Å². The Morgan fingerprint density at radius 3 is 2.86 bits per heavy atom. The lowest BCUT2D eigenvalue weighted by Crippen LogP contribution is -2.37. The maximum absolute atomic E-state index is 12.4. The Labute approximate surface area is 126 Å². The minimum absolute atomic E-state index is 0.0761. The number of hydrogen-bond donors (Lipinski definition) is 1. The number of amides is 1. The summed E-state index contributed by atoms with van der Waals surface area (Å²) in [6.07, 6.45) is -0.0761. The van der Waals surface area contributed by atoms with E-state index in [-0.39, 0.29) is 18.1 Å². The van der Waals surface area contributed by atoms with Crippen LogP contribution in [0, 0.1) is 0 Å². The van der Waals surface area contributed by atoms with Crippen molar-refractivity contribution in [2.45, 2.75) is 26.1 Å². The fourth-order valence-corrected chi connectivity index (χ4v) is 2.54. The number of benzene rings is 1. The summed E-state index contributed by atoms with van der Waals surface area (Å²) >= 11 is 0. The number of carbonyl (C=O) groups excluding carboxylic acids is 1. The molecule has 2 atom stereocenters. The first-order valence-electron chi connectivity index (χ1n) is 7.45. The largest absolute Gasteiger partial charge is 0.497 e. The number of likely N-dealkylation sites (N-methyl/N-ethyl adjacent to an activating group) is 1. The lowest BCUT2D eigenvalue weighted by atomic mass is 10.1. The van der Waals surface area contributed by atoms with Crippen molar-refractivity contribution in [3.63, 3.8) is 0 Å². The molecular weight excluding hydrogens is 266 g/mol. The molecule has 1 aliphatic heterocycles. The van der Waals surface area contributed by atoms with Crippen LogP contribution < -0.4 is 10.1 Å². The molecule has 1 aromatic rings. The van der Waals surface area contributed by atoms with Gasteiger partial charge >= 0.3 is 0 Å². The number of rotatable bonds is 6. The van der Waals surface area contributed by atoms with Crippen LogP contribution in [0.25, 0.3) is 0 Å². The van der Waals surface area contributed by atoms with Crippen LogP contribution in [0.3, 0.4) is 0 Å². The Morgan fingerprint density at radius 2 is 2.19 bits per heavy atom. The fourth-order valence-electron chi connectivity index (χ4n) is 2.54. The van der Waals surface area contributed by atoms with Crippen LogP contribution in [0.2, 0.25) is 0 Å². The number of carbonyl (C=O) groups is 1. The smallest absolute Gasteiger partial charge is 0.241 e. The highest BCUT2D eigenvalue weighted by Crippen LogP contribution is 2.27. The van der Waals surface area contributed by atoms with Gasteiger partial charge in [-0.2, -0.15) is 0 Å². The highest BCUT2D eigenvalue weighted by atomic mass is 16.5. The molecule has 2 rings (SSSR count). The van der Waals surface area contributed by atoms with Gasteiger partial charge in [-0.15, -0.1) is 0 Å². The first-order valence-corrected chi connectivity index (χ1v) is 7.45. The number of methoxy groups -OCH3 is 1. The lowest BCUT2D eigenvalue weighted by Gasteiger charge is -2.27. The molecule has 1 aliphatic rings. The highest BCUT2D eigenvalue weighted by molar-refractivity contribution is 5.84. The first-order chi connectivity index (χ1) is 10.1. The Bertz CT molecular complexity index is 492. The normalized spacial score (nSPS) is 22.1. The topological polar surface area (TPSA) is 44.8 Å². The maximum atomic E-state index is 12.4. The van der Waals surface area contributed by atoms with Crippen molar-refractivity contribution in [2.24, 2.45) is 0 Å². The van der Waals surface area contributed by atoms with Crippen molar-refractivity contribution in [1.29, 1.82) is 0 Å². The molecule has 116 valence electrons. The number of ether oxygens (including phenoxy) is 1. The summed E-state index contributed by atoms with van der Waals surface area (Å²) < 4.78 is 5.28. The zero-order chi connectivity index (χ0) is 15.4. The molecule has 1 saturated heterocycles. The monoisotopic (exact) mass is 291 g/mol. The molecule has 5 nitrogen and oxygen atoms in total. The molecule has 2 unspecified atom stereocenters. The molecule has 0 bridgehead atoms. The minimum atomic E-state index is -0.145.